The fraction of sp³-hybridized carbons (Fsp3) is 0.143. The van der Waals surface area contributed by atoms with Crippen molar-refractivity contribution in [1.29, 1.82) is 0 Å². The Kier molecular flexibility index (Phi) is 4.71. The Bertz CT molecular complexity index is 1300. The average molecular weight is 410 g/mol. The van der Waals surface area contributed by atoms with Crippen molar-refractivity contribution >= 4 is 32.5 Å². The predicted molar refractivity (Wildman–Crippen MR) is 109 cm³/mol. The number of hydrogen-bond acceptors (Lipinski definition) is 6. The highest BCUT2D eigenvalue weighted by Gasteiger charge is 2.19. The van der Waals surface area contributed by atoms with Crippen molar-refractivity contribution in [2.24, 2.45) is 0 Å². The summed E-state index contributed by atoms with van der Waals surface area (Å²) in [5, 5.41) is 2.81. The summed E-state index contributed by atoms with van der Waals surface area (Å²) in [6.45, 7) is 3.47. The molecule has 7 nitrogen and oxygen atoms in total. The van der Waals surface area contributed by atoms with E-state index in [0.29, 0.717) is 28.2 Å². The number of carbonyl (C=O) groups excluding carboxylic acids is 1. The minimum atomic E-state index is -3.35. The van der Waals surface area contributed by atoms with Crippen LogP contribution in [-0.4, -0.2) is 25.1 Å². The zero-order valence-electron chi connectivity index (χ0n) is 15.8. The summed E-state index contributed by atoms with van der Waals surface area (Å²) >= 11 is 0. The third-order valence-electron chi connectivity index (χ3n) is 4.58. The molecular formula is C21H18N2O5S. The van der Waals surface area contributed by atoms with Crippen molar-refractivity contribution in [3.8, 4) is 11.5 Å². The number of aryl methyl sites for hydroxylation is 1. The van der Waals surface area contributed by atoms with Gasteiger partial charge in [-0.05, 0) is 48.9 Å². The molecule has 0 saturated heterocycles. The molecule has 4 aromatic rings. The van der Waals surface area contributed by atoms with Crippen molar-refractivity contribution in [2.75, 3.05) is 11.1 Å². The van der Waals surface area contributed by atoms with Crippen molar-refractivity contribution in [1.82, 2.24) is 4.98 Å². The van der Waals surface area contributed by atoms with Gasteiger partial charge in [-0.15, -0.1) is 0 Å². The lowest BCUT2D eigenvalue weighted by Crippen LogP contribution is -2.12. The second-order valence-electron chi connectivity index (χ2n) is 6.48. The topological polar surface area (TPSA) is 102 Å². The van der Waals surface area contributed by atoms with Crippen LogP contribution in [0.2, 0.25) is 0 Å². The molecule has 2 aromatic heterocycles. The molecule has 0 aliphatic heterocycles. The number of nitrogens with one attached hydrogen (secondary N) is 1. The number of amides is 1. The third kappa shape index (κ3) is 3.54. The quantitative estimate of drug-likeness (QED) is 0.522. The predicted octanol–water partition coefficient (Wildman–Crippen LogP) is 4.44. The summed E-state index contributed by atoms with van der Waals surface area (Å²) in [6.07, 6.45) is 1.43. The lowest BCUT2D eigenvalue weighted by Gasteiger charge is -2.10. The molecule has 0 saturated carbocycles. The molecule has 0 radical (unpaired) electrons. The van der Waals surface area contributed by atoms with Gasteiger partial charge in [0, 0.05) is 0 Å². The van der Waals surface area contributed by atoms with Crippen molar-refractivity contribution in [3.63, 3.8) is 0 Å². The van der Waals surface area contributed by atoms with Crippen molar-refractivity contribution < 1.29 is 22.0 Å². The summed E-state index contributed by atoms with van der Waals surface area (Å²) in [6, 6.07) is 13.2. The minimum Gasteiger partial charge on any atom is -0.459 e. The maximum atomic E-state index is 12.4. The number of carbonyl (C=O) groups is 1. The Morgan fingerprint density at radius 3 is 2.69 bits per heavy atom. The summed E-state index contributed by atoms with van der Waals surface area (Å²) in [4.78, 5) is 17.1. The monoisotopic (exact) mass is 410 g/mol. The highest BCUT2D eigenvalue weighted by Crippen LogP contribution is 2.34. The highest BCUT2D eigenvalue weighted by molar-refractivity contribution is 7.91. The van der Waals surface area contributed by atoms with Crippen LogP contribution in [0.15, 0.2) is 68.5 Å². The number of furan rings is 1. The van der Waals surface area contributed by atoms with E-state index in [0.717, 1.165) is 5.56 Å². The fourth-order valence-electron chi connectivity index (χ4n) is 3.02. The first-order chi connectivity index (χ1) is 13.9. The molecule has 29 heavy (non-hydrogen) atoms. The lowest BCUT2D eigenvalue weighted by atomic mass is 10.1. The van der Waals surface area contributed by atoms with Gasteiger partial charge in [0.15, 0.2) is 21.2 Å². The van der Waals surface area contributed by atoms with Gasteiger partial charge in [-0.3, -0.25) is 4.79 Å². The summed E-state index contributed by atoms with van der Waals surface area (Å²) in [5.74, 6) is 0.0851. The van der Waals surface area contributed by atoms with Crippen LogP contribution in [0.3, 0.4) is 0 Å². The molecular weight excluding hydrogens is 392 g/mol. The molecule has 2 aromatic carbocycles. The van der Waals surface area contributed by atoms with Crippen LogP contribution in [0.5, 0.6) is 0 Å². The average Bonchev–Trinajstić information content (AvgIpc) is 3.37. The minimum absolute atomic E-state index is 0.00394. The van der Waals surface area contributed by atoms with Gasteiger partial charge in [-0.2, -0.15) is 0 Å². The van der Waals surface area contributed by atoms with E-state index < -0.39 is 15.7 Å². The van der Waals surface area contributed by atoms with E-state index >= 15 is 0 Å². The zero-order valence-corrected chi connectivity index (χ0v) is 16.6. The molecule has 0 unspecified atom stereocenters. The molecule has 0 bridgehead atoms. The van der Waals surface area contributed by atoms with Crippen molar-refractivity contribution in [2.45, 2.75) is 18.7 Å². The Balaban J connectivity index is 1.78. The molecule has 0 spiro atoms. The number of rotatable bonds is 5. The molecule has 0 fully saturated rings. The Morgan fingerprint density at radius 1 is 1.14 bits per heavy atom. The largest absolute Gasteiger partial charge is 0.459 e. The standard InChI is InChI=1S/C21H18N2O5S/c1-3-29(25,26)14-9-10-17-16(12-14)23-21(28-17)19-13(2)6-4-7-15(19)22-20(24)18-8-5-11-27-18/h4-12H,3H2,1-2H3,(H,22,24). The number of fused-ring (bicyclic) bond motifs is 1. The number of oxazole rings is 1. The van der Waals surface area contributed by atoms with Gasteiger partial charge in [-0.1, -0.05) is 19.1 Å². The Morgan fingerprint density at radius 2 is 1.97 bits per heavy atom. The van der Waals surface area contributed by atoms with Crippen LogP contribution >= 0.6 is 0 Å². The number of sulfone groups is 1. The van der Waals surface area contributed by atoms with Crippen molar-refractivity contribution in [3.05, 3.63) is 66.1 Å². The third-order valence-corrected chi connectivity index (χ3v) is 6.31. The van der Waals surface area contributed by atoms with Crippen LogP contribution in [0.25, 0.3) is 22.6 Å². The van der Waals surface area contributed by atoms with E-state index in [2.05, 4.69) is 10.3 Å². The smallest absolute Gasteiger partial charge is 0.291 e. The molecule has 8 heteroatoms. The maximum Gasteiger partial charge on any atom is 0.291 e. The van der Waals surface area contributed by atoms with E-state index in [-0.39, 0.29) is 16.4 Å². The SMILES string of the molecule is CCS(=O)(=O)c1ccc2oc(-c3c(C)cccc3NC(=O)c3ccco3)nc2c1. The molecule has 1 N–H and O–H groups in total. The van der Waals surface area contributed by atoms with Gasteiger partial charge in [-0.25, -0.2) is 13.4 Å². The second-order valence-corrected chi connectivity index (χ2v) is 8.76. The van der Waals surface area contributed by atoms with E-state index in [1.54, 1.807) is 31.2 Å². The summed E-state index contributed by atoms with van der Waals surface area (Å²) < 4.78 is 35.3. The zero-order chi connectivity index (χ0) is 20.6. The number of aromatic nitrogens is 1. The van der Waals surface area contributed by atoms with E-state index in [9.17, 15) is 13.2 Å². The highest BCUT2D eigenvalue weighted by atomic mass is 32.2. The Hall–Kier alpha value is -3.39. The van der Waals surface area contributed by atoms with E-state index in [1.807, 2.05) is 19.1 Å². The first-order valence-corrected chi connectivity index (χ1v) is 10.6. The van der Waals surface area contributed by atoms with E-state index in [1.165, 1.54) is 18.4 Å². The van der Waals surface area contributed by atoms with Gasteiger partial charge >= 0.3 is 0 Å². The van der Waals surface area contributed by atoms with Crippen LogP contribution < -0.4 is 5.32 Å². The fourth-order valence-corrected chi connectivity index (χ4v) is 3.92. The number of anilines is 1. The Labute approximate surface area is 167 Å². The van der Waals surface area contributed by atoms with Crippen LogP contribution in [-0.2, 0) is 9.84 Å². The van der Waals surface area contributed by atoms with Gasteiger partial charge in [0.2, 0.25) is 5.89 Å². The normalized spacial score (nSPS) is 11.7. The van der Waals surface area contributed by atoms with Crippen LogP contribution in [0, 0.1) is 6.92 Å². The molecule has 0 aliphatic carbocycles. The van der Waals surface area contributed by atoms with Gasteiger partial charge in [0.1, 0.15) is 5.52 Å². The molecule has 2 heterocycles. The van der Waals surface area contributed by atoms with Crippen LogP contribution in [0.1, 0.15) is 23.0 Å². The van der Waals surface area contributed by atoms with Gasteiger partial charge in [0.05, 0.1) is 28.2 Å². The number of hydrogen-bond donors (Lipinski definition) is 1. The first kappa shape index (κ1) is 18.9. The van der Waals surface area contributed by atoms with Crippen LogP contribution in [0.4, 0.5) is 5.69 Å². The summed E-state index contributed by atoms with van der Waals surface area (Å²) in [5.41, 5.74) is 2.86. The number of benzene rings is 2. The second kappa shape index (κ2) is 7.21. The lowest BCUT2D eigenvalue weighted by molar-refractivity contribution is 0.0996. The molecule has 0 atom stereocenters. The molecule has 4 rings (SSSR count). The molecule has 148 valence electrons. The van der Waals surface area contributed by atoms with Gasteiger partial charge in [0.25, 0.3) is 5.91 Å². The van der Waals surface area contributed by atoms with Gasteiger partial charge < -0.3 is 14.2 Å². The molecule has 0 aliphatic rings. The summed E-state index contributed by atoms with van der Waals surface area (Å²) in [7, 11) is -3.35. The number of nitrogens with zero attached hydrogens (tertiary/aromatic N) is 1. The molecule has 1 amide bonds. The van der Waals surface area contributed by atoms with E-state index in [4.69, 9.17) is 8.83 Å². The first-order valence-electron chi connectivity index (χ1n) is 8.97. The maximum absolute atomic E-state index is 12.4.